The number of hydrogen-bond acceptors (Lipinski definition) is 4. The molecule has 1 fully saturated rings. The Bertz CT molecular complexity index is 1050. The highest BCUT2D eigenvalue weighted by atomic mass is 19.1. The zero-order valence-corrected chi connectivity index (χ0v) is 18.4. The average molecular weight is 433 g/mol. The van der Waals surface area contributed by atoms with Crippen molar-refractivity contribution in [1.82, 2.24) is 10.3 Å². The summed E-state index contributed by atoms with van der Waals surface area (Å²) in [6.07, 6.45) is 2.31. The van der Waals surface area contributed by atoms with Crippen LogP contribution < -0.4 is 15.5 Å². The predicted molar refractivity (Wildman–Crippen MR) is 126 cm³/mol. The highest BCUT2D eigenvalue weighted by Crippen LogP contribution is 2.22. The molecule has 1 aliphatic rings. The van der Waals surface area contributed by atoms with Crippen LogP contribution in [0.3, 0.4) is 0 Å². The number of rotatable bonds is 7. The van der Waals surface area contributed by atoms with Crippen molar-refractivity contribution in [2.75, 3.05) is 23.3 Å². The van der Waals surface area contributed by atoms with Gasteiger partial charge in [0.25, 0.3) is 0 Å². The molecule has 3 aromatic rings. The second-order valence-electron chi connectivity index (χ2n) is 8.31. The molecular formula is C26H29FN4O. The minimum atomic E-state index is -0.328. The Morgan fingerprint density at radius 1 is 1.06 bits per heavy atom. The first-order valence-corrected chi connectivity index (χ1v) is 11.1. The Morgan fingerprint density at radius 3 is 2.53 bits per heavy atom. The molecule has 1 amide bonds. The van der Waals surface area contributed by atoms with Crippen molar-refractivity contribution in [3.8, 4) is 0 Å². The first-order valence-electron chi connectivity index (χ1n) is 11.1. The maximum absolute atomic E-state index is 13.3. The fourth-order valence-corrected chi connectivity index (χ4v) is 4.08. The summed E-state index contributed by atoms with van der Waals surface area (Å²) in [5, 5.41) is 6.52. The lowest BCUT2D eigenvalue weighted by Gasteiger charge is -2.34. The van der Waals surface area contributed by atoms with Crippen molar-refractivity contribution < 1.29 is 9.18 Å². The number of aromatic nitrogens is 1. The number of amides is 1. The maximum Gasteiger partial charge on any atom is 0.228 e. The van der Waals surface area contributed by atoms with Crippen LogP contribution in [0.25, 0.3) is 0 Å². The van der Waals surface area contributed by atoms with Crippen LogP contribution in [0, 0.1) is 12.7 Å². The van der Waals surface area contributed by atoms with E-state index in [-0.39, 0.29) is 18.1 Å². The molecule has 0 spiro atoms. The second-order valence-corrected chi connectivity index (χ2v) is 8.31. The summed E-state index contributed by atoms with van der Waals surface area (Å²) in [7, 11) is 0. The second kappa shape index (κ2) is 10.4. The van der Waals surface area contributed by atoms with E-state index < -0.39 is 0 Å². The van der Waals surface area contributed by atoms with Gasteiger partial charge in [-0.1, -0.05) is 18.2 Å². The number of pyridine rings is 1. The van der Waals surface area contributed by atoms with Gasteiger partial charge in [0.15, 0.2) is 0 Å². The first kappa shape index (κ1) is 22.0. The smallest absolute Gasteiger partial charge is 0.228 e. The lowest BCUT2D eigenvalue weighted by molar-refractivity contribution is -0.115. The van der Waals surface area contributed by atoms with E-state index in [0.717, 1.165) is 55.2 Å². The molecule has 6 heteroatoms. The Labute approximate surface area is 188 Å². The summed E-state index contributed by atoms with van der Waals surface area (Å²) in [5.41, 5.74) is 4.70. The van der Waals surface area contributed by atoms with Gasteiger partial charge in [-0.3, -0.25) is 9.78 Å². The van der Waals surface area contributed by atoms with Gasteiger partial charge in [-0.25, -0.2) is 4.39 Å². The molecule has 32 heavy (non-hydrogen) atoms. The molecule has 5 nitrogen and oxygen atoms in total. The topological polar surface area (TPSA) is 57.3 Å². The van der Waals surface area contributed by atoms with E-state index in [1.54, 1.807) is 12.1 Å². The number of nitrogens with one attached hydrogen (secondary N) is 2. The maximum atomic E-state index is 13.3. The van der Waals surface area contributed by atoms with Crippen molar-refractivity contribution in [1.29, 1.82) is 0 Å². The van der Waals surface area contributed by atoms with Crippen molar-refractivity contribution in [2.45, 2.75) is 38.8 Å². The summed E-state index contributed by atoms with van der Waals surface area (Å²) in [5.74, 6) is -0.483. The molecule has 166 valence electrons. The molecule has 2 heterocycles. The van der Waals surface area contributed by atoms with Gasteiger partial charge in [0.2, 0.25) is 5.91 Å². The van der Waals surface area contributed by atoms with Gasteiger partial charge >= 0.3 is 0 Å². The third kappa shape index (κ3) is 6.14. The van der Waals surface area contributed by atoms with Gasteiger partial charge < -0.3 is 15.5 Å². The number of benzene rings is 2. The van der Waals surface area contributed by atoms with Gasteiger partial charge in [-0.2, -0.15) is 0 Å². The zero-order chi connectivity index (χ0) is 22.3. The van der Waals surface area contributed by atoms with Crippen molar-refractivity contribution >= 4 is 17.3 Å². The predicted octanol–water partition coefficient (Wildman–Crippen LogP) is 4.47. The highest BCUT2D eigenvalue weighted by Gasteiger charge is 2.19. The SMILES string of the molecule is Cc1cccc(CNC2CCN(c3ccc(NC(=O)Cc4cccc(F)c4)cc3)CC2)n1. The molecule has 0 unspecified atom stereocenters. The van der Waals surface area contributed by atoms with Crippen LogP contribution in [0.15, 0.2) is 66.7 Å². The average Bonchev–Trinajstić information content (AvgIpc) is 2.79. The molecular weight excluding hydrogens is 403 g/mol. The largest absolute Gasteiger partial charge is 0.371 e. The van der Waals surface area contributed by atoms with Crippen LogP contribution in [0.2, 0.25) is 0 Å². The number of anilines is 2. The molecule has 1 aliphatic heterocycles. The zero-order valence-electron chi connectivity index (χ0n) is 18.4. The molecule has 1 saturated heterocycles. The number of hydrogen-bond donors (Lipinski definition) is 2. The molecule has 2 aromatic carbocycles. The molecule has 4 rings (SSSR count). The van der Waals surface area contributed by atoms with Crippen LogP contribution in [0.5, 0.6) is 0 Å². The van der Waals surface area contributed by atoms with E-state index in [9.17, 15) is 9.18 Å². The van der Waals surface area contributed by atoms with E-state index in [2.05, 4.69) is 32.7 Å². The van der Waals surface area contributed by atoms with E-state index in [4.69, 9.17) is 0 Å². The summed E-state index contributed by atoms with van der Waals surface area (Å²) < 4.78 is 13.3. The van der Waals surface area contributed by atoms with Crippen molar-refractivity contribution in [3.63, 3.8) is 0 Å². The number of piperidine rings is 1. The van der Waals surface area contributed by atoms with Crippen molar-refractivity contribution in [2.24, 2.45) is 0 Å². The number of halogens is 1. The Morgan fingerprint density at radius 2 is 1.81 bits per heavy atom. The lowest BCUT2D eigenvalue weighted by atomic mass is 10.0. The number of nitrogens with zero attached hydrogens (tertiary/aromatic N) is 2. The molecule has 0 aliphatic carbocycles. The Hall–Kier alpha value is -3.25. The third-order valence-corrected chi connectivity index (χ3v) is 5.78. The molecule has 0 atom stereocenters. The highest BCUT2D eigenvalue weighted by molar-refractivity contribution is 5.92. The quantitative estimate of drug-likeness (QED) is 0.578. The van der Waals surface area contributed by atoms with Crippen LogP contribution in [0.1, 0.15) is 29.8 Å². The summed E-state index contributed by atoms with van der Waals surface area (Å²) >= 11 is 0. The fraction of sp³-hybridized carbons (Fsp3) is 0.308. The van der Waals surface area contributed by atoms with Crippen LogP contribution in [-0.4, -0.2) is 30.0 Å². The van der Waals surface area contributed by atoms with E-state index in [1.807, 2.05) is 37.3 Å². The van der Waals surface area contributed by atoms with E-state index in [0.29, 0.717) is 11.6 Å². The van der Waals surface area contributed by atoms with Gasteiger partial charge in [0.1, 0.15) is 5.82 Å². The van der Waals surface area contributed by atoms with Crippen LogP contribution in [0.4, 0.5) is 15.8 Å². The van der Waals surface area contributed by atoms with Gasteiger partial charge in [0.05, 0.1) is 12.1 Å². The standard InChI is InChI=1S/C26H29FN4O/c1-19-4-2-7-24(29-19)18-28-22-12-14-31(15-13-22)25-10-8-23(9-11-25)30-26(32)17-20-5-3-6-21(27)16-20/h2-11,16,22,28H,12-15,17-18H2,1H3,(H,30,32). The van der Waals surface area contributed by atoms with Gasteiger partial charge in [0, 0.05) is 42.7 Å². The summed E-state index contributed by atoms with van der Waals surface area (Å²) in [6, 6.07) is 20.7. The number of aryl methyl sites for hydroxylation is 1. The minimum Gasteiger partial charge on any atom is -0.371 e. The van der Waals surface area contributed by atoms with Crippen LogP contribution >= 0.6 is 0 Å². The van der Waals surface area contributed by atoms with Gasteiger partial charge in [-0.05, 0) is 73.9 Å². The lowest BCUT2D eigenvalue weighted by Crippen LogP contribution is -2.42. The number of carbonyl (C=O) groups is 1. The van der Waals surface area contributed by atoms with E-state index in [1.165, 1.54) is 12.1 Å². The third-order valence-electron chi connectivity index (χ3n) is 5.78. The molecule has 2 N–H and O–H groups in total. The normalized spacial score (nSPS) is 14.4. The van der Waals surface area contributed by atoms with Crippen molar-refractivity contribution in [3.05, 3.63) is 89.5 Å². The Kier molecular flexibility index (Phi) is 7.12. The summed E-state index contributed by atoms with van der Waals surface area (Å²) in [6.45, 7) is 4.80. The molecule has 1 aromatic heterocycles. The Balaban J connectivity index is 1.23. The number of carbonyl (C=O) groups excluding carboxylic acids is 1. The molecule has 0 radical (unpaired) electrons. The minimum absolute atomic E-state index is 0.151. The first-order chi connectivity index (χ1) is 15.5. The summed E-state index contributed by atoms with van der Waals surface area (Å²) in [4.78, 5) is 19.2. The monoisotopic (exact) mass is 432 g/mol. The fourth-order valence-electron chi connectivity index (χ4n) is 4.08. The van der Waals surface area contributed by atoms with E-state index >= 15 is 0 Å². The van der Waals surface area contributed by atoms with Crippen LogP contribution in [-0.2, 0) is 17.8 Å². The molecule has 0 saturated carbocycles. The van der Waals surface area contributed by atoms with Gasteiger partial charge in [-0.15, -0.1) is 0 Å². The molecule has 0 bridgehead atoms.